The van der Waals surface area contributed by atoms with Gasteiger partial charge in [-0.2, -0.15) is 0 Å². The lowest BCUT2D eigenvalue weighted by Gasteiger charge is -2.08. The summed E-state index contributed by atoms with van der Waals surface area (Å²) in [4.78, 5) is -0.336. The first-order valence-corrected chi connectivity index (χ1v) is 3.36. The summed E-state index contributed by atoms with van der Waals surface area (Å²) in [5, 5.41) is 8.77. The number of hydrogen-bond donors (Lipinski definition) is 1. The molecule has 0 fully saturated rings. The van der Waals surface area contributed by atoms with Gasteiger partial charge < -0.3 is 5.11 Å². The fraction of sp³-hybridized carbons (Fsp3) is 0.714. The molecule has 54 valence electrons. The van der Waals surface area contributed by atoms with Crippen molar-refractivity contribution in [1.82, 2.24) is 0 Å². The molecule has 1 nitrogen and oxygen atoms in total. The van der Waals surface area contributed by atoms with E-state index in [0.29, 0.717) is 0 Å². The standard InChI is InChI=1S/C7H13ClO/c1-6(9)4-5-7(2,3)8/h4-6,9H,1-3H3/b5-4+. The highest BCUT2D eigenvalue weighted by molar-refractivity contribution is 6.24. The van der Waals surface area contributed by atoms with Crippen LogP contribution < -0.4 is 0 Å². The van der Waals surface area contributed by atoms with Crippen LogP contribution in [0.2, 0.25) is 0 Å². The average molecular weight is 149 g/mol. The van der Waals surface area contributed by atoms with E-state index in [2.05, 4.69) is 0 Å². The first-order valence-electron chi connectivity index (χ1n) is 2.98. The minimum Gasteiger partial charge on any atom is -0.389 e. The van der Waals surface area contributed by atoms with Crippen molar-refractivity contribution in [3.8, 4) is 0 Å². The lowest BCUT2D eigenvalue weighted by Crippen LogP contribution is -2.06. The second-order valence-electron chi connectivity index (χ2n) is 2.66. The van der Waals surface area contributed by atoms with Gasteiger partial charge in [-0.3, -0.25) is 0 Å². The molecule has 0 radical (unpaired) electrons. The van der Waals surface area contributed by atoms with E-state index in [9.17, 15) is 0 Å². The Morgan fingerprint density at radius 3 is 2.11 bits per heavy atom. The molecule has 0 bridgehead atoms. The van der Waals surface area contributed by atoms with Crippen LogP contribution in [0.4, 0.5) is 0 Å². The molecule has 0 saturated heterocycles. The van der Waals surface area contributed by atoms with E-state index in [1.807, 2.05) is 13.8 Å². The molecule has 1 N–H and O–H groups in total. The monoisotopic (exact) mass is 148 g/mol. The number of hydrogen-bond acceptors (Lipinski definition) is 1. The van der Waals surface area contributed by atoms with Crippen LogP contribution >= 0.6 is 11.6 Å². The summed E-state index contributed by atoms with van der Waals surface area (Å²) < 4.78 is 0. The van der Waals surface area contributed by atoms with Gasteiger partial charge in [0, 0.05) is 0 Å². The molecular weight excluding hydrogens is 136 g/mol. The van der Waals surface area contributed by atoms with Gasteiger partial charge in [-0.25, -0.2) is 0 Å². The van der Waals surface area contributed by atoms with Crippen molar-refractivity contribution in [2.24, 2.45) is 0 Å². The summed E-state index contributed by atoms with van der Waals surface area (Å²) >= 11 is 5.78. The van der Waals surface area contributed by atoms with Crippen LogP contribution in [0.15, 0.2) is 12.2 Å². The summed E-state index contributed by atoms with van der Waals surface area (Å²) in [6.45, 7) is 5.43. The quantitative estimate of drug-likeness (QED) is 0.469. The topological polar surface area (TPSA) is 20.2 Å². The maximum atomic E-state index is 8.77. The van der Waals surface area contributed by atoms with Crippen LogP contribution in [-0.4, -0.2) is 16.1 Å². The summed E-state index contributed by atoms with van der Waals surface area (Å²) in [6, 6.07) is 0. The Hall–Kier alpha value is -0.0100. The molecule has 1 unspecified atom stereocenters. The van der Waals surface area contributed by atoms with Crippen LogP contribution in [-0.2, 0) is 0 Å². The molecule has 0 aliphatic carbocycles. The molecule has 0 spiro atoms. The fourth-order valence-corrected chi connectivity index (χ4v) is 0.441. The van der Waals surface area contributed by atoms with Crippen molar-refractivity contribution < 1.29 is 5.11 Å². The Bertz CT molecular complexity index is 100.0. The summed E-state index contributed by atoms with van der Waals surface area (Å²) in [7, 11) is 0. The second-order valence-corrected chi connectivity index (χ2v) is 3.64. The van der Waals surface area contributed by atoms with Crippen molar-refractivity contribution in [3.63, 3.8) is 0 Å². The lowest BCUT2D eigenvalue weighted by atomic mass is 10.2. The fourth-order valence-electron chi connectivity index (χ4n) is 0.368. The van der Waals surface area contributed by atoms with E-state index >= 15 is 0 Å². The predicted molar refractivity (Wildman–Crippen MR) is 40.8 cm³/mol. The number of rotatable bonds is 2. The largest absolute Gasteiger partial charge is 0.389 e. The second kappa shape index (κ2) is 3.23. The van der Waals surface area contributed by atoms with E-state index in [1.54, 1.807) is 19.1 Å². The number of allylic oxidation sites excluding steroid dienone is 1. The van der Waals surface area contributed by atoms with Crippen LogP contribution in [0.5, 0.6) is 0 Å². The van der Waals surface area contributed by atoms with Crippen molar-refractivity contribution in [2.75, 3.05) is 0 Å². The molecule has 2 heteroatoms. The van der Waals surface area contributed by atoms with E-state index in [0.717, 1.165) is 0 Å². The maximum Gasteiger partial charge on any atom is 0.0693 e. The zero-order chi connectivity index (χ0) is 7.49. The molecule has 0 aliphatic heterocycles. The highest BCUT2D eigenvalue weighted by atomic mass is 35.5. The van der Waals surface area contributed by atoms with Gasteiger partial charge in [0.15, 0.2) is 0 Å². The highest BCUT2D eigenvalue weighted by Crippen LogP contribution is 2.13. The van der Waals surface area contributed by atoms with E-state index < -0.39 is 6.10 Å². The van der Waals surface area contributed by atoms with E-state index in [1.165, 1.54) is 0 Å². The Morgan fingerprint density at radius 1 is 1.56 bits per heavy atom. The smallest absolute Gasteiger partial charge is 0.0693 e. The van der Waals surface area contributed by atoms with Gasteiger partial charge in [0.05, 0.1) is 11.0 Å². The van der Waals surface area contributed by atoms with E-state index in [-0.39, 0.29) is 4.87 Å². The zero-order valence-electron chi connectivity index (χ0n) is 6.06. The van der Waals surface area contributed by atoms with Gasteiger partial charge in [-0.1, -0.05) is 12.2 Å². The van der Waals surface area contributed by atoms with Gasteiger partial charge in [0.1, 0.15) is 0 Å². The van der Waals surface area contributed by atoms with Gasteiger partial charge in [-0.15, -0.1) is 11.6 Å². The molecule has 9 heavy (non-hydrogen) atoms. The number of halogens is 1. The molecular formula is C7H13ClO. The van der Waals surface area contributed by atoms with Crippen molar-refractivity contribution in [3.05, 3.63) is 12.2 Å². The van der Waals surface area contributed by atoms with Gasteiger partial charge in [-0.05, 0) is 20.8 Å². The summed E-state index contributed by atoms with van der Waals surface area (Å²) in [5.74, 6) is 0. The highest BCUT2D eigenvalue weighted by Gasteiger charge is 2.06. The van der Waals surface area contributed by atoms with Gasteiger partial charge >= 0.3 is 0 Å². The van der Waals surface area contributed by atoms with Crippen molar-refractivity contribution in [1.29, 1.82) is 0 Å². The molecule has 0 amide bonds. The van der Waals surface area contributed by atoms with Crippen molar-refractivity contribution >= 4 is 11.6 Å². The first kappa shape index (κ1) is 8.99. The molecule has 0 aromatic heterocycles. The van der Waals surface area contributed by atoms with Crippen molar-refractivity contribution in [2.45, 2.75) is 31.7 Å². The SMILES string of the molecule is CC(O)/C=C/C(C)(C)Cl. The summed E-state index contributed by atoms with van der Waals surface area (Å²) in [5.41, 5.74) is 0. The Balaban J connectivity index is 3.71. The minimum absolute atomic E-state index is 0.336. The molecule has 0 heterocycles. The third kappa shape index (κ3) is 7.99. The Kier molecular flexibility index (Phi) is 3.23. The van der Waals surface area contributed by atoms with E-state index in [4.69, 9.17) is 16.7 Å². The number of aliphatic hydroxyl groups is 1. The Morgan fingerprint density at radius 2 is 2.00 bits per heavy atom. The maximum absolute atomic E-state index is 8.77. The van der Waals surface area contributed by atoms with Crippen LogP contribution in [0.1, 0.15) is 20.8 Å². The normalized spacial score (nSPS) is 16.6. The third-order valence-corrected chi connectivity index (χ3v) is 0.897. The Labute approximate surface area is 61.3 Å². The molecule has 1 atom stereocenters. The number of aliphatic hydroxyl groups excluding tert-OH is 1. The van der Waals surface area contributed by atoms with Crippen LogP contribution in [0, 0.1) is 0 Å². The van der Waals surface area contributed by atoms with Gasteiger partial charge in [0.2, 0.25) is 0 Å². The average Bonchev–Trinajstić information content (AvgIpc) is 1.59. The molecule has 0 aromatic rings. The molecule has 0 aromatic carbocycles. The van der Waals surface area contributed by atoms with Gasteiger partial charge in [0.25, 0.3) is 0 Å². The molecule has 0 rings (SSSR count). The first-order chi connectivity index (χ1) is 3.92. The summed E-state index contributed by atoms with van der Waals surface area (Å²) in [6.07, 6.45) is 3.05. The third-order valence-electron chi connectivity index (χ3n) is 0.771. The lowest BCUT2D eigenvalue weighted by molar-refractivity contribution is 0.243. The number of alkyl halides is 1. The molecule has 0 saturated carbocycles. The minimum atomic E-state index is -0.400. The predicted octanol–water partition coefficient (Wildman–Crippen LogP) is 1.94. The molecule has 0 aliphatic rings. The van der Waals surface area contributed by atoms with Crippen LogP contribution in [0.25, 0.3) is 0 Å². The van der Waals surface area contributed by atoms with Crippen LogP contribution in [0.3, 0.4) is 0 Å². The zero-order valence-corrected chi connectivity index (χ0v) is 6.81.